The van der Waals surface area contributed by atoms with Crippen LogP contribution in [-0.4, -0.2) is 50.1 Å². The molecule has 5 atom stereocenters. The smallest absolute Gasteiger partial charge is 0.0781 e. The summed E-state index contributed by atoms with van der Waals surface area (Å²) in [5, 5.41) is 12.1. The molecule has 1 saturated heterocycles. The number of hydrogen-bond acceptors (Lipinski definition) is 5. The molecule has 6 N–H and O–H groups in total. The van der Waals surface area contributed by atoms with E-state index in [0.29, 0.717) is 24.5 Å². The van der Waals surface area contributed by atoms with Gasteiger partial charge in [0.15, 0.2) is 0 Å². The van der Waals surface area contributed by atoms with Crippen LogP contribution in [0.1, 0.15) is 89.5 Å². The van der Waals surface area contributed by atoms with E-state index in [1.807, 2.05) is 0 Å². The van der Waals surface area contributed by atoms with Crippen LogP contribution in [0.25, 0.3) is 0 Å². The SMILES string of the molecule is C.C.CC1CO1.CCC(C)CN.CCC(C)CN.CCC(C)CNCC(C)O. The van der Waals surface area contributed by atoms with E-state index < -0.39 is 0 Å². The second-order valence-corrected chi connectivity index (χ2v) is 7.66. The summed E-state index contributed by atoms with van der Waals surface area (Å²) in [6.07, 6.45) is 3.98. The second-order valence-electron chi connectivity index (χ2n) is 7.66. The van der Waals surface area contributed by atoms with Gasteiger partial charge in [-0.2, -0.15) is 0 Å². The fourth-order valence-corrected chi connectivity index (χ4v) is 1.11. The monoisotopic (exact) mass is 409 g/mol. The minimum atomic E-state index is -0.218. The Bertz CT molecular complexity index is 232. The van der Waals surface area contributed by atoms with E-state index in [9.17, 15) is 0 Å². The molecule has 28 heavy (non-hydrogen) atoms. The predicted octanol–water partition coefficient (Wildman–Crippen LogP) is 4.66. The zero-order valence-electron chi connectivity index (χ0n) is 19.1. The molecule has 0 spiro atoms. The molecule has 5 unspecified atom stereocenters. The molecule has 0 aromatic rings. The molecule has 5 nitrogen and oxygen atoms in total. The van der Waals surface area contributed by atoms with E-state index in [1.165, 1.54) is 19.3 Å². The van der Waals surface area contributed by atoms with Crippen molar-refractivity contribution >= 4 is 0 Å². The summed E-state index contributed by atoms with van der Waals surface area (Å²) >= 11 is 0. The van der Waals surface area contributed by atoms with Gasteiger partial charge in [-0.25, -0.2) is 0 Å². The van der Waals surface area contributed by atoms with Crippen molar-refractivity contribution in [2.24, 2.45) is 29.2 Å². The highest BCUT2D eigenvalue weighted by Gasteiger charge is 2.13. The lowest BCUT2D eigenvalue weighted by molar-refractivity contribution is 0.189. The van der Waals surface area contributed by atoms with Crippen LogP contribution in [0.2, 0.25) is 0 Å². The molecule has 1 fully saturated rings. The average molecular weight is 410 g/mol. The van der Waals surface area contributed by atoms with Gasteiger partial charge in [0.25, 0.3) is 0 Å². The molecule has 0 bridgehead atoms. The molecule has 1 rings (SSSR count). The molecule has 1 aliphatic heterocycles. The first kappa shape index (κ1) is 38.4. The fourth-order valence-electron chi connectivity index (χ4n) is 1.11. The summed E-state index contributed by atoms with van der Waals surface area (Å²) < 4.78 is 4.71. The van der Waals surface area contributed by atoms with Crippen molar-refractivity contribution in [3.05, 3.63) is 0 Å². The van der Waals surface area contributed by atoms with Gasteiger partial charge in [0.1, 0.15) is 0 Å². The number of nitrogens with one attached hydrogen (secondary N) is 1. The minimum absolute atomic E-state index is 0. The van der Waals surface area contributed by atoms with E-state index in [-0.39, 0.29) is 21.0 Å². The minimum Gasteiger partial charge on any atom is -0.392 e. The highest BCUT2D eigenvalue weighted by Crippen LogP contribution is 2.04. The molecular formula is C23H59N3O2. The Balaban J connectivity index is -0.0000000860. The number of epoxide rings is 1. The van der Waals surface area contributed by atoms with Crippen LogP contribution < -0.4 is 16.8 Å². The largest absolute Gasteiger partial charge is 0.392 e. The lowest BCUT2D eigenvalue weighted by Crippen LogP contribution is -2.28. The first-order valence-electron chi connectivity index (χ1n) is 10.6. The van der Waals surface area contributed by atoms with Crippen LogP contribution in [0.3, 0.4) is 0 Å². The first-order valence-corrected chi connectivity index (χ1v) is 10.6. The van der Waals surface area contributed by atoms with Crippen LogP contribution in [0.5, 0.6) is 0 Å². The van der Waals surface area contributed by atoms with Gasteiger partial charge >= 0.3 is 0 Å². The van der Waals surface area contributed by atoms with Gasteiger partial charge in [0.05, 0.1) is 18.8 Å². The Morgan fingerprint density at radius 2 is 1.18 bits per heavy atom. The number of nitrogens with two attached hydrogens (primary N) is 2. The van der Waals surface area contributed by atoms with Crippen LogP contribution in [-0.2, 0) is 4.74 Å². The third-order valence-electron chi connectivity index (χ3n) is 4.33. The van der Waals surface area contributed by atoms with E-state index >= 15 is 0 Å². The van der Waals surface area contributed by atoms with Crippen LogP contribution in [0.4, 0.5) is 0 Å². The molecule has 0 aliphatic carbocycles. The molecular weight excluding hydrogens is 350 g/mol. The van der Waals surface area contributed by atoms with Crippen LogP contribution >= 0.6 is 0 Å². The molecule has 0 amide bonds. The molecule has 0 saturated carbocycles. The van der Waals surface area contributed by atoms with E-state index in [1.54, 1.807) is 6.92 Å². The number of hydrogen-bond donors (Lipinski definition) is 4. The Hall–Kier alpha value is -0.200. The van der Waals surface area contributed by atoms with Crippen molar-refractivity contribution in [1.82, 2.24) is 5.32 Å². The number of aliphatic hydroxyl groups is 1. The topological polar surface area (TPSA) is 96.8 Å². The third kappa shape index (κ3) is 44.9. The molecule has 1 aliphatic rings. The lowest BCUT2D eigenvalue weighted by Gasteiger charge is -2.10. The van der Waals surface area contributed by atoms with E-state index in [2.05, 4.69) is 53.8 Å². The van der Waals surface area contributed by atoms with Crippen LogP contribution in [0.15, 0.2) is 0 Å². The maximum absolute atomic E-state index is 8.88. The normalized spacial score (nSPS) is 17.9. The van der Waals surface area contributed by atoms with Gasteiger partial charge in [-0.05, 0) is 51.2 Å². The fraction of sp³-hybridized carbons (Fsp3) is 1.00. The summed E-state index contributed by atoms with van der Waals surface area (Å²) in [6.45, 7) is 21.2. The van der Waals surface area contributed by atoms with Gasteiger partial charge < -0.3 is 26.6 Å². The maximum atomic E-state index is 8.88. The van der Waals surface area contributed by atoms with Crippen molar-refractivity contribution in [3.63, 3.8) is 0 Å². The molecule has 1 heterocycles. The number of rotatable bonds is 9. The Kier molecular flexibility index (Phi) is 39.8. The Labute approximate surface area is 179 Å². The first-order chi connectivity index (χ1) is 12.2. The molecule has 5 heteroatoms. The lowest BCUT2D eigenvalue weighted by atomic mass is 10.1. The maximum Gasteiger partial charge on any atom is 0.0781 e. The summed E-state index contributed by atoms with van der Waals surface area (Å²) in [6, 6.07) is 0. The summed E-state index contributed by atoms with van der Waals surface area (Å²) in [5.41, 5.74) is 10.6. The van der Waals surface area contributed by atoms with Gasteiger partial charge in [0, 0.05) is 6.54 Å². The van der Waals surface area contributed by atoms with Crippen molar-refractivity contribution in [1.29, 1.82) is 0 Å². The number of aliphatic hydroxyl groups excluding tert-OH is 1. The predicted molar refractivity (Wildman–Crippen MR) is 130 cm³/mol. The average Bonchev–Trinajstić information content (AvgIpc) is 3.43. The van der Waals surface area contributed by atoms with Crippen molar-refractivity contribution in [2.75, 3.05) is 32.8 Å². The Morgan fingerprint density at radius 3 is 1.32 bits per heavy atom. The van der Waals surface area contributed by atoms with Crippen LogP contribution in [0, 0.1) is 17.8 Å². The summed E-state index contributed by atoms with van der Waals surface area (Å²) in [5.74, 6) is 2.15. The van der Waals surface area contributed by atoms with Crippen molar-refractivity contribution in [2.45, 2.75) is 102 Å². The van der Waals surface area contributed by atoms with Crippen molar-refractivity contribution < 1.29 is 9.84 Å². The zero-order chi connectivity index (χ0) is 21.0. The molecule has 0 aromatic heterocycles. The van der Waals surface area contributed by atoms with E-state index in [4.69, 9.17) is 21.3 Å². The molecule has 0 radical (unpaired) electrons. The summed E-state index contributed by atoms with van der Waals surface area (Å²) in [7, 11) is 0. The van der Waals surface area contributed by atoms with E-state index in [0.717, 1.165) is 32.2 Å². The highest BCUT2D eigenvalue weighted by atomic mass is 16.6. The zero-order valence-corrected chi connectivity index (χ0v) is 19.1. The third-order valence-corrected chi connectivity index (χ3v) is 4.33. The quantitative estimate of drug-likeness (QED) is 0.415. The van der Waals surface area contributed by atoms with Gasteiger partial charge in [-0.15, -0.1) is 0 Å². The van der Waals surface area contributed by atoms with Crippen molar-refractivity contribution in [3.8, 4) is 0 Å². The highest BCUT2D eigenvalue weighted by molar-refractivity contribution is 4.58. The standard InChI is InChI=1S/C8H19NO.2C5H13N.C3H6O.2CH4/c1-4-7(2)5-9-6-8(3)10;2*1-3-5(2)4-6;1-3-2-4-3;;/h7-10H,4-6H2,1-3H3;2*5H,3-4,6H2,1-2H3;3H,2H2,1H3;2*1H4. The Morgan fingerprint density at radius 1 is 0.857 bits per heavy atom. The number of ether oxygens (including phenoxy) is 1. The molecule has 178 valence electrons. The summed E-state index contributed by atoms with van der Waals surface area (Å²) in [4.78, 5) is 0. The van der Waals surface area contributed by atoms with Gasteiger partial charge in [0.2, 0.25) is 0 Å². The van der Waals surface area contributed by atoms with Gasteiger partial charge in [-0.3, -0.25) is 0 Å². The second kappa shape index (κ2) is 29.0. The molecule has 0 aromatic carbocycles. The van der Waals surface area contributed by atoms with Gasteiger partial charge in [-0.1, -0.05) is 75.7 Å².